The minimum absolute atomic E-state index is 0.0786. The van der Waals surface area contributed by atoms with Crippen molar-refractivity contribution in [3.8, 4) is 0 Å². The van der Waals surface area contributed by atoms with E-state index >= 15 is 0 Å². The van der Waals surface area contributed by atoms with E-state index in [1.165, 1.54) is 5.56 Å². The Morgan fingerprint density at radius 2 is 1.76 bits per heavy atom. The van der Waals surface area contributed by atoms with Crippen molar-refractivity contribution in [3.05, 3.63) is 65.2 Å². The Morgan fingerprint density at radius 3 is 2.43 bits per heavy atom. The van der Waals surface area contributed by atoms with Crippen LogP contribution in [0.4, 0.5) is 5.69 Å². The molecular formula is C18H20N2O. The first-order chi connectivity index (χ1) is 10.1. The van der Waals surface area contributed by atoms with Crippen LogP contribution < -0.4 is 5.32 Å². The van der Waals surface area contributed by atoms with Crippen molar-refractivity contribution >= 4 is 11.6 Å². The quantitative estimate of drug-likeness (QED) is 0.908. The number of carbonyl (C=O) groups is 1. The Balaban J connectivity index is 2.13. The van der Waals surface area contributed by atoms with Gasteiger partial charge in [0.1, 0.15) is 5.66 Å². The summed E-state index contributed by atoms with van der Waals surface area (Å²) in [5, 5.41) is 3.55. The molecule has 0 saturated heterocycles. The smallest absolute Gasteiger partial charge is 0.258 e. The maximum Gasteiger partial charge on any atom is 0.258 e. The summed E-state index contributed by atoms with van der Waals surface area (Å²) < 4.78 is 0. The van der Waals surface area contributed by atoms with Crippen LogP contribution >= 0.6 is 0 Å². The number of rotatable bonds is 2. The van der Waals surface area contributed by atoms with Gasteiger partial charge < -0.3 is 10.2 Å². The fraction of sp³-hybridized carbons (Fsp3) is 0.278. The van der Waals surface area contributed by atoms with E-state index in [2.05, 4.69) is 43.4 Å². The molecule has 0 fully saturated rings. The van der Waals surface area contributed by atoms with Crippen molar-refractivity contribution in [2.45, 2.75) is 26.4 Å². The Bertz CT molecular complexity index is 678. The molecule has 0 radical (unpaired) electrons. The van der Waals surface area contributed by atoms with Gasteiger partial charge in [-0.2, -0.15) is 0 Å². The molecule has 21 heavy (non-hydrogen) atoms. The van der Waals surface area contributed by atoms with Gasteiger partial charge in [0, 0.05) is 12.2 Å². The summed E-state index contributed by atoms with van der Waals surface area (Å²) in [6, 6.07) is 16.0. The molecule has 0 bridgehead atoms. The van der Waals surface area contributed by atoms with Crippen LogP contribution in [0.5, 0.6) is 0 Å². The predicted molar refractivity (Wildman–Crippen MR) is 85.3 cm³/mol. The van der Waals surface area contributed by atoms with Crippen molar-refractivity contribution in [3.63, 3.8) is 0 Å². The fourth-order valence-electron chi connectivity index (χ4n) is 3.02. The number of nitrogens with one attached hydrogen (secondary N) is 1. The summed E-state index contributed by atoms with van der Waals surface area (Å²) in [5.41, 5.74) is 3.43. The average molecular weight is 280 g/mol. The Hall–Kier alpha value is -2.29. The van der Waals surface area contributed by atoms with Gasteiger partial charge >= 0.3 is 0 Å². The van der Waals surface area contributed by atoms with Crippen molar-refractivity contribution in [1.82, 2.24) is 4.90 Å². The van der Waals surface area contributed by atoms with Gasteiger partial charge in [-0.15, -0.1) is 0 Å². The molecule has 1 N–H and O–H groups in total. The number of amides is 1. The molecule has 3 nitrogen and oxygen atoms in total. The molecule has 0 saturated carbocycles. The molecule has 1 atom stereocenters. The lowest BCUT2D eigenvalue weighted by atomic mass is 9.93. The Kier molecular flexibility index (Phi) is 3.20. The van der Waals surface area contributed by atoms with Gasteiger partial charge in [0.15, 0.2) is 0 Å². The van der Waals surface area contributed by atoms with Crippen LogP contribution in [0.2, 0.25) is 0 Å². The maximum atomic E-state index is 12.8. The number of para-hydroxylation sites is 1. The summed E-state index contributed by atoms with van der Waals surface area (Å²) >= 11 is 0. The normalized spacial score (nSPS) is 20.9. The van der Waals surface area contributed by atoms with Crippen LogP contribution in [0, 0.1) is 6.92 Å². The summed E-state index contributed by atoms with van der Waals surface area (Å²) in [5.74, 6) is 0.0786. The molecule has 1 amide bonds. The number of hydrogen-bond donors (Lipinski definition) is 1. The highest BCUT2D eigenvalue weighted by molar-refractivity contribution is 6.02. The molecule has 3 heteroatoms. The second kappa shape index (κ2) is 4.92. The first kappa shape index (κ1) is 13.7. The lowest BCUT2D eigenvalue weighted by molar-refractivity contribution is 0.0553. The van der Waals surface area contributed by atoms with Crippen molar-refractivity contribution in [1.29, 1.82) is 0 Å². The molecule has 2 aromatic carbocycles. The highest BCUT2D eigenvalue weighted by Gasteiger charge is 2.41. The number of aryl methyl sites for hydroxylation is 1. The molecule has 1 heterocycles. The van der Waals surface area contributed by atoms with E-state index in [1.54, 1.807) is 0 Å². The highest BCUT2D eigenvalue weighted by atomic mass is 16.2. The third kappa shape index (κ3) is 2.09. The molecule has 0 spiro atoms. The predicted octanol–water partition coefficient (Wildman–Crippen LogP) is 3.76. The van der Waals surface area contributed by atoms with E-state index in [0.717, 1.165) is 16.8 Å². The van der Waals surface area contributed by atoms with Crippen LogP contribution in [0.15, 0.2) is 48.5 Å². The van der Waals surface area contributed by atoms with E-state index in [4.69, 9.17) is 0 Å². The SMILES string of the molecule is CCN1C(=O)c2ccccc2NC1(C)c1ccc(C)cc1. The molecule has 3 rings (SSSR count). The molecule has 108 valence electrons. The molecular weight excluding hydrogens is 260 g/mol. The second-order valence-corrected chi connectivity index (χ2v) is 5.66. The third-order valence-corrected chi connectivity index (χ3v) is 4.25. The first-order valence-corrected chi connectivity index (χ1v) is 7.32. The van der Waals surface area contributed by atoms with E-state index in [0.29, 0.717) is 6.54 Å². The van der Waals surface area contributed by atoms with Gasteiger partial charge in [-0.05, 0) is 38.5 Å². The van der Waals surface area contributed by atoms with Crippen molar-refractivity contribution < 1.29 is 4.79 Å². The minimum Gasteiger partial charge on any atom is -0.358 e. The van der Waals surface area contributed by atoms with Gasteiger partial charge in [-0.3, -0.25) is 4.79 Å². The highest BCUT2D eigenvalue weighted by Crippen LogP contribution is 2.37. The number of fused-ring (bicyclic) bond motifs is 1. The number of benzene rings is 2. The molecule has 1 aliphatic heterocycles. The van der Waals surface area contributed by atoms with Crippen molar-refractivity contribution in [2.75, 3.05) is 11.9 Å². The van der Waals surface area contributed by atoms with E-state index in [9.17, 15) is 4.79 Å². The molecule has 0 aromatic heterocycles. The fourth-order valence-corrected chi connectivity index (χ4v) is 3.02. The van der Waals surface area contributed by atoms with Gasteiger partial charge in [0.05, 0.1) is 5.56 Å². The summed E-state index contributed by atoms with van der Waals surface area (Å²) in [6.45, 7) is 6.80. The summed E-state index contributed by atoms with van der Waals surface area (Å²) in [6.07, 6.45) is 0. The minimum atomic E-state index is -0.520. The number of nitrogens with zero attached hydrogens (tertiary/aromatic N) is 1. The monoisotopic (exact) mass is 280 g/mol. The third-order valence-electron chi connectivity index (χ3n) is 4.25. The average Bonchev–Trinajstić information content (AvgIpc) is 2.48. The van der Waals surface area contributed by atoms with Crippen LogP contribution in [0.1, 0.15) is 35.3 Å². The second-order valence-electron chi connectivity index (χ2n) is 5.66. The Labute approximate surface area is 125 Å². The van der Waals surface area contributed by atoms with Gasteiger partial charge in [0.25, 0.3) is 5.91 Å². The zero-order valence-corrected chi connectivity index (χ0v) is 12.7. The summed E-state index contributed by atoms with van der Waals surface area (Å²) in [7, 11) is 0. The van der Waals surface area contributed by atoms with Crippen molar-refractivity contribution in [2.24, 2.45) is 0 Å². The van der Waals surface area contributed by atoms with Crippen LogP contribution in [0.25, 0.3) is 0 Å². The van der Waals surface area contributed by atoms with E-state index < -0.39 is 5.66 Å². The van der Waals surface area contributed by atoms with Gasteiger partial charge in [-0.1, -0.05) is 42.0 Å². The first-order valence-electron chi connectivity index (χ1n) is 7.32. The van der Waals surface area contributed by atoms with Gasteiger partial charge in [-0.25, -0.2) is 0 Å². The standard InChI is InChI=1S/C18H20N2O/c1-4-20-17(21)15-7-5-6-8-16(15)19-18(20,3)14-11-9-13(2)10-12-14/h5-12,19H,4H2,1-3H3. The number of anilines is 1. The van der Waals surface area contributed by atoms with E-state index in [-0.39, 0.29) is 5.91 Å². The molecule has 0 aliphatic carbocycles. The molecule has 2 aromatic rings. The number of carbonyl (C=O) groups excluding carboxylic acids is 1. The Morgan fingerprint density at radius 1 is 1.10 bits per heavy atom. The maximum absolute atomic E-state index is 12.8. The van der Waals surface area contributed by atoms with Crippen LogP contribution in [0.3, 0.4) is 0 Å². The largest absolute Gasteiger partial charge is 0.358 e. The van der Waals surface area contributed by atoms with E-state index in [1.807, 2.05) is 36.1 Å². The zero-order chi connectivity index (χ0) is 15.0. The topological polar surface area (TPSA) is 32.3 Å². The lowest BCUT2D eigenvalue weighted by Gasteiger charge is -2.46. The molecule has 1 aliphatic rings. The summed E-state index contributed by atoms with van der Waals surface area (Å²) in [4.78, 5) is 14.7. The van der Waals surface area contributed by atoms with Crippen LogP contribution in [-0.2, 0) is 5.66 Å². The zero-order valence-electron chi connectivity index (χ0n) is 12.7. The van der Waals surface area contributed by atoms with Gasteiger partial charge in [0.2, 0.25) is 0 Å². The lowest BCUT2D eigenvalue weighted by Crippen LogP contribution is -2.55. The number of hydrogen-bond acceptors (Lipinski definition) is 2. The molecule has 1 unspecified atom stereocenters. The van der Waals surface area contributed by atoms with Crippen LogP contribution in [-0.4, -0.2) is 17.4 Å².